The molecule has 0 saturated carbocycles. The summed E-state index contributed by atoms with van der Waals surface area (Å²) in [4.78, 5) is 0. The molecule has 3 aromatic rings. The van der Waals surface area contributed by atoms with Gasteiger partial charge in [0.15, 0.2) is 0 Å². The van der Waals surface area contributed by atoms with Gasteiger partial charge in [0.05, 0.1) is 0 Å². The van der Waals surface area contributed by atoms with E-state index in [1.54, 1.807) is 5.57 Å². The second-order valence-electron chi connectivity index (χ2n) is 11.7. The summed E-state index contributed by atoms with van der Waals surface area (Å²) in [6, 6.07) is 18.1. The zero-order valence-corrected chi connectivity index (χ0v) is 23.0. The molecule has 1 unspecified atom stereocenters. The average molecular weight is 515 g/mol. The van der Waals surface area contributed by atoms with Gasteiger partial charge in [0.1, 0.15) is 0 Å². The lowest BCUT2D eigenvalue weighted by molar-refractivity contribution is 0.781. The molecule has 0 fully saturated rings. The van der Waals surface area contributed by atoms with Gasteiger partial charge < -0.3 is 0 Å². The molecule has 0 heterocycles. The van der Waals surface area contributed by atoms with E-state index in [9.17, 15) is 0 Å². The van der Waals surface area contributed by atoms with Crippen LogP contribution >= 0.6 is 0 Å². The van der Waals surface area contributed by atoms with Crippen molar-refractivity contribution in [2.75, 3.05) is 0 Å². The fourth-order valence-corrected chi connectivity index (χ4v) is 7.51. The number of rotatable bonds is 3. The molecule has 194 valence electrons. The Bertz CT molecular complexity index is 2010. The van der Waals surface area contributed by atoms with Gasteiger partial charge in [0.25, 0.3) is 0 Å². The van der Waals surface area contributed by atoms with Gasteiger partial charge in [-0.3, -0.25) is 0 Å². The minimum absolute atomic E-state index is 0.519. The largest absolute Gasteiger partial charge is 0.0836 e. The summed E-state index contributed by atoms with van der Waals surface area (Å²) in [5.41, 5.74) is 10.2. The zero-order valence-electron chi connectivity index (χ0n) is 23.0. The van der Waals surface area contributed by atoms with Crippen molar-refractivity contribution in [2.24, 2.45) is 5.92 Å². The van der Waals surface area contributed by atoms with Crippen molar-refractivity contribution in [3.8, 4) is 0 Å². The Kier molecular flexibility index (Phi) is 5.80. The van der Waals surface area contributed by atoms with Crippen LogP contribution in [0.3, 0.4) is 0 Å². The van der Waals surface area contributed by atoms with Crippen LogP contribution in [0.5, 0.6) is 0 Å². The Morgan fingerprint density at radius 2 is 1.40 bits per heavy atom. The van der Waals surface area contributed by atoms with E-state index in [1.807, 2.05) is 0 Å². The zero-order chi connectivity index (χ0) is 26.5. The molecule has 0 bridgehead atoms. The van der Waals surface area contributed by atoms with Gasteiger partial charge in [-0.15, -0.1) is 0 Å². The Hall–Kier alpha value is -4.16. The van der Waals surface area contributed by atoms with Crippen molar-refractivity contribution in [1.29, 1.82) is 0 Å². The molecule has 0 aromatic heterocycles. The third kappa shape index (κ3) is 3.89. The molecule has 40 heavy (non-hydrogen) atoms. The number of fused-ring (bicyclic) bond motifs is 4. The van der Waals surface area contributed by atoms with Gasteiger partial charge in [0, 0.05) is 5.92 Å². The first-order valence-corrected chi connectivity index (χ1v) is 15.1. The Labute approximate surface area is 236 Å². The summed E-state index contributed by atoms with van der Waals surface area (Å²) in [5.74, 6) is 0.519. The Morgan fingerprint density at radius 3 is 2.25 bits per heavy atom. The maximum atomic E-state index is 2.52. The SMILES string of the molecule is C1=CCC2C=CC(c3c4c(c(C5=CC=C(C6=c7ccccc7=CCC6)CC5)c5ccccc35)=CCCC=4)=CC2=C1. The third-order valence-corrected chi connectivity index (χ3v) is 9.42. The Morgan fingerprint density at radius 1 is 0.650 bits per heavy atom. The molecule has 0 radical (unpaired) electrons. The van der Waals surface area contributed by atoms with Gasteiger partial charge in [-0.25, -0.2) is 0 Å². The van der Waals surface area contributed by atoms with E-state index < -0.39 is 0 Å². The molecule has 5 aliphatic rings. The van der Waals surface area contributed by atoms with E-state index in [1.165, 1.54) is 65.1 Å². The molecule has 1 atom stereocenters. The maximum Gasteiger partial charge on any atom is 0.00561 e. The number of hydrogen-bond acceptors (Lipinski definition) is 0. The highest BCUT2D eigenvalue weighted by Crippen LogP contribution is 2.37. The van der Waals surface area contributed by atoms with Crippen LogP contribution in [0.1, 0.15) is 56.1 Å². The summed E-state index contributed by atoms with van der Waals surface area (Å²) in [6.07, 6.45) is 34.2. The van der Waals surface area contributed by atoms with Crippen LogP contribution in [-0.2, 0) is 0 Å². The first kappa shape index (κ1) is 23.7. The highest BCUT2D eigenvalue weighted by atomic mass is 14.3. The minimum Gasteiger partial charge on any atom is -0.0836 e. The van der Waals surface area contributed by atoms with Crippen molar-refractivity contribution >= 4 is 45.7 Å². The molecule has 5 aliphatic carbocycles. The lowest BCUT2D eigenvalue weighted by Gasteiger charge is -2.25. The molecule has 0 amide bonds. The standard InChI is InChI=1S/C40H34/c1-2-12-31-26-32(25-20-27(31)10-1)40-37-17-7-5-15-35(37)39(36-16-6-8-18-38(36)40)30-23-21-29(22-24-30)34-19-9-13-28-11-3-4-14-33(28)34/h1-5,7,11-18,20-21,23,25-27H,6,8-10,19,22,24H2. The molecule has 0 heteroatoms. The van der Waals surface area contributed by atoms with Gasteiger partial charge in [-0.1, -0.05) is 115 Å². The van der Waals surface area contributed by atoms with E-state index in [-0.39, 0.29) is 0 Å². The van der Waals surface area contributed by atoms with E-state index in [0.717, 1.165) is 44.9 Å². The van der Waals surface area contributed by atoms with Gasteiger partial charge in [-0.05, 0) is 116 Å². The highest BCUT2D eigenvalue weighted by Gasteiger charge is 2.22. The molecule has 0 aliphatic heterocycles. The van der Waals surface area contributed by atoms with Crippen molar-refractivity contribution < 1.29 is 0 Å². The average Bonchev–Trinajstić information content (AvgIpc) is 3.03. The third-order valence-electron chi connectivity index (χ3n) is 9.42. The van der Waals surface area contributed by atoms with Gasteiger partial charge in [0.2, 0.25) is 0 Å². The second kappa shape index (κ2) is 9.79. The Balaban J connectivity index is 1.32. The van der Waals surface area contributed by atoms with Crippen LogP contribution in [0.2, 0.25) is 0 Å². The van der Waals surface area contributed by atoms with E-state index >= 15 is 0 Å². The molecule has 0 spiro atoms. The predicted octanol–water partition coefficient (Wildman–Crippen LogP) is 7.18. The summed E-state index contributed by atoms with van der Waals surface area (Å²) in [5, 5.41) is 8.49. The van der Waals surface area contributed by atoms with Crippen LogP contribution in [0.4, 0.5) is 0 Å². The molecular weight excluding hydrogens is 480 g/mol. The smallest absolute Gasteiger partial charge is 0.00561 e. The van der Waals surface area contributed by atoms with E-state index in [2.05, 4.69) is 115 Å². The van der Waals surface area contributed by atoms with Crippen LogP contribution in [-0.4, -0.2) is 0 Å². The predicted molar refractivity (Wildman–Crippen MR) is 172 cm³/mol. The molecule has 8 rings (SSSR count). The highest BCUT2D eigenvalue weighted by molar-refractivity contribution is 6.03. The summed E-state index contributed by atoms with van der Waals surface area (Å²) in [6.45, 7) is 0. The number of hydrogen-bond donors (Lipinski definition) is 0. The monoisotopic (exact) mass is 514 g/mol. The van der Waals surface area contributed by atoms with Crippen LogP contribution < -0.4 is 20.9 Å². The normalized spacial score (nSPS) is 21.0. The van der Waals surface area contributed by atoms with Crippen molar-refractivity contribution in [1.82, 2.24) is 0 Å². The van der Waals surface area contributed by atoms with Crippen LogP contribution in [0, 0.1) is 5.92 Å². The lowest BCUT2D eigenvalue weighted by Crippen LogP contribution is -2.34. The summed E-state index contributed by atoms with van der Waals surface area (Å²) in [7, 11) is 0. The quantitative estimate of drug-likeness (QED) is 0.347. The second-order valence-corrected chi connectivity index (χ2v) is 11.7. The fourth-order valence-electron chi connectivity index (χ4n) is 7.51. The van der Waals surface area contributed by atoms with Crippen LogP contribution in [0.25, 0.3) is 45.7 Å². The van der Waals surface area contributed by atoms with Gasteiger partial charge in [-0.2, -0.15) is 0 Å². The summed E-state index contributed by atoms with van der Waals surface area (Å²) < 4.78 is 0. The molecule has 3 aromatic carbocycles. The summed E-state index contributed by atoms with van der Waals surface area (Å²) >= 11 is 0. The van der Waals surface area contributed by atoms with Crippen molar-refractivity contribution in [3.63, 3.8) is 0 Å². The molecular formula is C40H34. The molecule has 0 saturated heterocycles. The lowest BCUT2D eigenvalue weighted by atomic mass is 9.79. The topological polar surface area (TPSA) is 0 Å². The first-order valence-electron chi connectivity index (χ1n) is 15.1. The number of allylic oxidation sites excluding steroid dienone is 12. The van der Waals surface area contributed by atoms with E-state index in [4.69, 9.17) is 0 Å². The molecule has 0 N–H and O–H groups in total. The van der Waals surface area contributed by atoms with Gasteiger partial charge >= 0.3 is 0 Å². The maximum absolute atomic E-state index is 2.52. The van der Waals surface area contributed by atoms with E-state index in [0.29, 0.717) is 5.92 Å². The van der Waals surface area contributed by atoms with Crippen molar-refractivity contribution in [3.05, 3.63) is 140 Å². The minimum atomic E-state index is 0.519. The first-order chi connectivity index (χ1) is 19.8. The number of benzene rings is 3. The fraction of sp³-hybridized carbons (Fsp3) is 0.200. The molecule has 0 nitrogen and oxygen atoms in total. The van der Waals surface area contributed by atoms with Crippen LogP contribution in [0.15, 0.2) is 108 Å². The van der Waals surface area contributed by atoms with Crippen molar-refractivity contribution in [2.45, 2.75) is 44.9 Å².